The molecule has 168 valence electrons. The molecule has 0 fully saturated rings. The van der Waals surface area contributed by atoms with Crippen LogP contribution >= 0.6 is 7.37 Å². The number of amides is 1. The molecule has 0 radical (unpaired) electrons. The Kier molecular flexibility index (Phi) is 7.68. The second-order valence-electron chi connectivity index (χ2n) is 8.48. The van der Waals surface area contributed by atoms with Crippen LogP contribution in [-0.4, -0.2) is 39.7 Å². The monoisotopic (exact) mass is 447 g/mol. The molecule has 0 bridgehead atoms. The third-order valence-electron chi connectivity index (χ3n) is 5.14. The number of aliphatic carboxylic acids is 1. The number of carbonyl (C=O) groups is 2. The topological polar surface area (TPSA) is 124 Å². The molecule has 0 aliphatic heterocycles. The number of hydrogen-bond donors (Lipinski definition) is 4. The van der Waals surface area contributed by atoms with Gasteiger partial charge in [0.15, 0.2) is 0 Å². The van der Waals surface area contributed by atoms with Crippen LogP contribution in [0.4, 0.5) is 0 Å². The van der Waals surface area contributed by atoms with Crippen LogP contribution in [0, 0.1) is 19.8 Å². The maximum atomic E-state index is 12.6. The molecule has 2 rings (SSSR count). The molecule has 31 heavy (non-hydrogen) atoms. The van der Waals surface area contributed by atoms with Gasteiger partial charge in [-0.2, -0.15) is 0 Å². The molecule has 2 atom stereocenters. The molecule has 0 aliphatic carbocycles. The molecule has 0 spiro atoms. The van der Waals surface area contributed by atoms with E-state index in [0.717, 1.165) is 27.8 Å². The number of aromatic hydroxyl groups is 1. The number of aryl methyl sites for hydroxylation is 2. The second-order valence-corrected chi connectivity index (χ2v) is 10.9. The first-order chi connectivity index (χ1) is 14.3. The van der Waals surface area contributed by atoms with Gasteiger partial charge in [-0.3, -0.25) is 9.36 Å². The Morgan fingerprint density at radius 3 is 2.13 bits per heavy atom. The van der Waals surface area contributed by atoms with E-state index in [-0.39, 0.29) is 23.4 Å². The number of carboxylic acid groups (broad SMARTS) is 1. The van der Waals surface area contributed by atoms with E-state index in [1.165, 1.54) is 12.7 Å². The lowest BCUT2D eigenvalue weighted by atomic mass is 9.93. The highest BCUT2D eigenvalue weighted by Crippen LogP contribution is 2.40. The Morgan fingerprint density at radius 2 is 1.65 bits per heavy atom. The van der Waals surface area contributed by atoms with E-state index >= 15 is 0 Å². The van der Waals surface area contributed by atoms with Crippen LogP contribution in [0.15, 0.2) is 30.3 Å². The largest absolute Gasteiger partial charge is 0.507 e. The second kappa shape index (κ2) is 9.67. The van der Waals surface area contributed by atoms with Gasteiger partial charge >= 0.3 is 5.97 Å². The Labute approximate surface area is 182 Å². The first-order valence-electron chi connectivity index (χ1n) is 10.0. The van der Waals surface area contributed by atoms with Crippen LogP contribution in [0.3, 0.4) is 0 Å². The summed E-state index contributed by atoms with van der Waals surface area (Å²) in [5.41, 5.74) is 4.55. The summed E-state index contributed by atoms with van der Waals surface area (Å²) in [6.45, 7) is 8.58. The molecule has 8 heteroatoms. The van der Waals surface area contributed by atoms with E-state index in [9.17, 15) is 29.3 Å². The van der Waals surface area contributed by atoms with E-state index in [4.69, 9.17) is 0 Å². The van der Waals surface area contributed by atoms with Gasteiger partial charge in [-0.05, 0) is 66.1 Å². The van der Waals surface area contributed by atoms with Crippen molar-refractivity contribution in [2.24, 2.45) is 5.92 Å². The number of carbonyl (C=O) groups excluding carboxylic acids is 1. The molecule has 0 aromatic heterocycles. The molecule has 0 saturated heterocycles. The van der Waals surface area contributed by atoms with Crippen molar-refractivity contribution in [3.05, 3.63) is 63.7 Å². The van der Waals surface area contributed by atoms with Gasteiger partial charge in [-0.25, -0.2) is 4.79 Å². The highest BCUT2D eigenvalue weighted by atomic mass is 31.2. The van der Waals surface area contributed by atoms with E-state index in [1.807, 2.05) is 26.0 Å². The number of phenols is 1. The smallest absolute Gasteiger partial charge is 0.326 e. The van der Waals surface area contributed by atoms with Gasteiger partial charge in [0.05, 0.1) is 5.56 Å². The fourth-order valence-corrected chi connectivity index (χ4v) is 4.46. The zero-order valence-electron chi connectivity index (χ0n) is 18.5. The minimum Gasteiger partial charge on any atom is -0.507 e. The van der Waals surface area contributed by atoms with Crippen LogP contribution in [-0.2, 0) is 21.9 Å². The predicted octanol–water partition coefficient (Wildman–Crippen LogP) is 3.84. The quantitative estimate of drug-likeness (QED) is 0.456. The van der Waals surface area contributed by atoms with E-state index in [1.54, 1.807) is 26.0 Å². The molecular weight excluding hydrogens is 417 g/mol. The summed E-state index contributed by atoms with van der Waals surface area (Å²) in [7, 11) is -3.17. The zero-order valence-corrected chi connectivity index (χ0v) is 19.4. The van der Waals surface area contributed by atoms with Crippen molar-refractivity contribution in [1.82, 2.24) is 5.32 Å². The fourth-order valence-electron chi connectivity index (χ4n) is 3.60. The van der Waals surface area contributed by atoms with Crippen LogP contribution in [0.2, 0.25) is 0 Å². The number of benzene rings is 2. The van der Waals surface area contributed by atoms with Crippen molar-refractivity contribution >= 4 is 19.2 Å². The standard InChI is InChI=1S/C23H30NO6P/c1-13(2)21(23(27)28)24-22(26)19-11-16(6-7-20(19)25)10-18-14(3)8-17(9-15(18)4)12-31(5,29)30/h6-9,11,13,21,25H,10,12H2,1-5H3,(H,24,26)(H,27,28)(H,29,30). The van der Waals surface area contributed by atoms with Crippen LogP contribution < -0.4 is 5.32 Å². The number of hydrogen-bond acceptors (Lipinski definition) is 4. The average Bonchev–Trinajstić information content (AvgIpc) is 2.61. The number of rotatable bonds is 8. The van der Waals surface area contributed by atoms with Crippen molar-refractivity contribution < 1.29 is 29.3 Å². The summed E-state index contributed by atoms with van der Waals surface area (Å²) in [5, 5.41) is 21.9. The van der Waals surface area contributed by atoms with Gasteiger partial charge in [-0.15, -0.1) is 0 Å². The molecule has 4 N–H and O–H groups in total. The van der Waals surface area contributed by atoms with Crippen LogP contribution in [0.1, 0.15) is 52.0 Å². The molecular formula is C23H30NO6P. The van der Waals surface area contributed by atoms with Crippen molar-refractivity contribution in [2.45, 2.75) is 46.3 Å². The summed E-state index contributed by atoms with van der Waals surface area (Å²) in [5.74, 6) is -2.32. The van der Waals surface area contributed by atoms with Crippen LogP contribution in [0.5, 0.6) is 5.75 Å². The van der Waals surface area contributed by atoms with Crippen molar-refractivity contribution in [3.8, 4) is 5.75 Å². The zero-order chi connectivity index (χ0) is 23.5. The molecule has 0 heterocycles. The van der Waals surface area contributed by atoms with Crippen molar-refractivity contribution in [3.63, 3.8) is 0 Å². The van der Waals surface area contributed by atoms with Gasteiger partial charge < -0.3 is 20.4 Å². The molecule has 0 aliphatic rings. The average molecular weight is 447 g/mol. The summed E-state index contributed by atoms with van der Waals surface area (Å²) in [6.07, 6.45) is 0.604. The lowest BCUT2D eigenvalue weighted by Crippen LogP contribution is -2.44. The van der Waals surface area contributed by atoms with Gasteiger partial charge in [-0.1, -0.05) is 32.0 Å². The highest BCUT2D eigenvalue weighted by molar-refractivity contribution is 7.56. The third-order valence-corrected chi connectivity index (χ3v) is 6.09. The van der Waals surface area contributed by atoms with Gasteiger partial charge in [0.25, 0.3) is 5.91 Å². The summed E-state index contributed by atoms with van der Waals surface area (Å²) in [4.78, 5) is 33.6. The normalized spacial score (nSPS) is 14.2. The van der Waals surface area contributed by atoms with Crippen LogP contribution in [0.25, 0.3) is 0 Å². The summed E-state index contributed by atoms with van der Waals surface area (Å²) >= 11 is 0. The summed E-state index contributed by atoms with van der Waals surface area (Å²) < 4.78 is 11.7. The van der Waals surface area contributed by atoms with Gasteiger partial charge in [0, 0.05) is 12.8 Å². The number of phenolic OH excluding ortho intramolecular Hbond substituents is 1. The number of carboxylic acids is 1. The summed E-state index contributed by atoms with van der Waals surface area (Å²) in [6, 6.07) is 7.42. The Bertz CT molecular complexity index is 1020. The first kappa shape index (κ1) is 24.6. The van der Waals surface area contributed by atoms with E-state index in [0.29, 0.717) is 6.42 Å². The van der Waals surface area contributed by atoms with Gasteiger partial charge in [0.1, 0.15) is 11.8 Å². The molecule has 1 amide bonds. The SMILES string of the molecule is Cc1cc(CP(C)(=O)O)cc(C)c1Cc1ccc(O)c(C(=O)NC(C(=O)O)C(C)C)c1. The lowest BCUT2D eigenvalue weighted by molar-refractivity contribution is -0.140. The molecule has 2 aromatic rings. The first-order valence-corrected chi connectivity index (χ1v) is 12.3. The lowest BCUT2D eigenvalue weighted by Gasteiger charge is -2.19. The highest BCUT2D eigenvalue weighted by Gasteiger charge is 2.25. The van der Waals surface area contributed by atoms with Crippen molar-refractivity contribution in [2.75, 3.05) is 6.66 Å². The Balaban J connectivity index is 2.31. The Hall–Kier alpha value is -2.63. The minimum atomic E-state index is -3.17. The maximum Gasteiger partial charge on any atom is 0.326 e. The fraction of sp³-hybridized carbons (Fsp3) is 0.391. The molecule has 7 nitrogen and oxygen atoms in total. The van der Waals surface area contributed by atoms with Crippen molar-refractivity contribution in [1.29, 1.82) is 0 Å². The van der Waals surface area contributed by atoms with E-state index < -0.39 is 25.3 Å². The molecule has 2 aromatic carbocycles. The number of nitrogens with one attached hydrogen (secondary N) is 1. The van der Waals surface area contributed by atoms with E-state index in [2.05, 4.69) is 5.32 Å². The molecule has 0 saturated carbocycles. The maximum absolute atomic E-state index is 12.6. The Morgan fingerprint density at radius 1 is 1.06 bits per heavy atom. The predicted molar refractivity (Wildman–Crippen MR) is 120 cm³/mol. The minimum absolute atomic E-state index is 0.0172. The third kappa shape index (κ3) is 6.68. The molecule has 2 unspecified atom stereocenters. The van der Waals surface area contributed by atoms with Gasteiger partial charge in [0.2, 0.25) is 7.37 Å².